The molecule has 0 saturated heterocycles. The Labute approximate surface area is 92.4 Å². The zero-order chi connectivity index (χ0) is 9.68. The van der Waals surface area contributed by atoms with Crippen molar-refractivity contribution >= 4 is 27.5 Å². The number of aryl methyl sites for hydroxylation is 1. The summed E-state index contributed by atoms with van der Waals surface area (Å²) in [5, 5.41) is 1.67. The summed E-state index contributed by atoms with van der Waals surface area (Å²) in [6.45, 7) is 2.02. The predicted molar refractivity (Wildman–Crippen MR) is 61.5 cm³/mol. The molecule has 0 saturated carbocycles. The molecule has 0 aliphatic heterocycles. The lowest BCUT2D eigenvalue weighted by Gasteiger charge is -1.95. The summed E-state index contributed by atoms with van der Waals surface area (Å²) >= 11 is 9.21. The summed E-state index contributed by atoms with van der Waals surface area (Å²) in [4.78, 5) is 0. The van der Waals surface area contributed by atoms with Crippen LogP contribution in [0.5, 0.6) is 0 Å². The fourth-order valence-electron chi connectivity index (χ4n) is 1.02. The van der Waals surface area contributed by atoms with Crippen molar-refractivity contribution in [3.8, 4) is 11.8 Å². The van der Waals surface area contributed by atoms with E-state index in [-0.39, 0.29) is 0 Å². The zero-order valence-electron chi connectivity index (χ0n) is 7.40. The minimum Gasteiger partial charge on any atom is -0.0970 e. The molecule has 0 radical (unpaired) electrons. The first-order valence-electron chi connectivity index (χ1n) is 4.04. The van der Waals surface area contributed by atoms with Gasteiger partial charge in [-0.05, 0) is 30.7 Å². The Morgan fingerprint density at radius 1 is 1.38 bits per heavy atom. The van der Waals surface area contributed by atoms with Crippen LogP contribution in [-0.4, -0.2) is 5.33 Å². The highest BCUT2D eigenvalue weighted by Gasteiger charge is 1.92. The SMILES string of the molecule is Cc1cc(Cl)cc(C#CCCBr)c1. The zero-order valence-corrected chi connectivity index (χ0v) is 9.74. The van der Waals surface area contributed by atoms with E-state index in [1.54, 1.807) is 0 Å². The molecule has 0 amide bonds. The Morgan fingerprint density at radius 2 is 2.15 bits per heavy atom. The molecule has 0 aromatic heterocycles. The molecule has 0 bridgehead atoms. The standard InChI is InChI=1S/C11H10BrCl/c1-9-6-10(4-2-3-5-12)8-11(13)7-9/h6-8H,3,5H2,1H3. The van der Waals surface area contributed by atoms with Gasteiger partial charge in [0, 0.05) is 22.3 Å². The maximum Gasteiger partial charge on any atom is 0.0421 e. The summed E-state index contributed by atoms with van der Waals surface area (Å²) in [5.74, 6) is 6.11. The minimum atomic E-state index is 0.753. The van der Waals surface area contributed by atoms with Gasteiger partial charge in [-0.3, -0.25) is 0 Å². The van der Waals surface area contributed by atoms with Gasteiger partial charge in [0.15, 0.2) is 0 Å². The van der Waals surface area contributed by atoms with Crippen molar-refractivity contribution < 1.29 is 0 Å². The van der Waals surface area contributed by atoms with Crippen LogP contribution in [0, 0.1) is 18.8 Å². The van der Waals surface area contributed by atoms with Gasteiger partial charge in [0.1, 0.15) is 0 Å². The number of hydrogen-bond acceptors (Lipinski definition) is 0. The molecule has 0 unspecified atom stereocenters. The summed E-state index contributed by atoms with van der Waals surface area (Å²) in [7, 11) is 0. The van der Waals surface area contributed by atoms with Gasteiger partial charge in [-0.15, -0.1) is 0 Å². The second-order valence-electron chi connectivity index (χ2n) is 2.76. The number of halogens is 2. The molecule has 0 atom stereocenters. The molecule has 0 spiro atoms. The predicted octanol–water partition coefficient (Wildman–Crippen LogP) is 3.78. The summed E-state index contributed by atoms with van der Waals surface area (Å²) in [6, 6.07) is 5.85. The third-order valence-corrected chi connectivity index (χ3v) is 2.11. The van der Waals surface area contributed by atoms with Crippen LogP contribution in [0.25, 0.3) is 0 Å². The van der Waals surface area contributed by atoms with Crippen molar-refractivity contribution in [2.75, 3.05) is 5.33 Å². The van der Waals surface area contributed by atoms with Crippen LogP contribution in [0.3, 0.4) is 0 Å². The van der Waals surface area contributed by atoms with Gasteiger partial charge in [-0.25, -0.2) is 0 Å². The second-order valence-corrected chi connectivity index (χ2v) is 3.99. The highest BCUT2D eigenvalue weighted by atomic mass is 79.9. The Hall–Kier alpha value is -0.450. The van der Waals surface area contributed by atoms with E-state index in [2.05, 4.69) is 27.8 Å². The van der Waals surface area contributed by atoms with E-state index in [0.29, 0.717) is 0 Å². The van der Waals surface area contributed by atoms with Crippen LogP contribution in [0.1, 0.15) is 17.5 Å². The van der Waals surface area contributed by atoms with Crippen LogP contribution in [0.2, 0.25) is 5.02 Å². The van der Waals surface area contributed by atoms with E-state index in [1.165, 1.54) is 0 Å². The first-order chi connectivity index (χ1) is 6.22. The van der Waals surface area contributed by atoms with Crippen LogP contribution in [-0.2, 0) is 0 Å². The van der Waals surface area contributed by atoms with Gasteiger partial charge in [-0.1, -0.05) is 39.4 Å². The van der Waals surface area contributed by atoms with Crippen molar-refractivity contribution in [3.63, 3.8) is 0 Å². The van der Waals surface area contributed by atoms with Crippen LogP contribution in [0.15, 0.2) is 18.2 Å². The molecule has 1 rings (SSSR count). The van der Waals surface area contributed by atoms with Crippen molar-refractivity contribution in [3.05, 3.63) is 34.3 Å². The van der Waals surface area contributed by atoms with Crippen LogP contribution < -0.4 is 0 Å². The van der Waals surface area contributed by atoms with Crippen molar-refractivity contribution in [1.29, 1.82) is 0 Å². The molecule has 2 heteroatoms. The summed E-state index contributed by atoms with van der Waals surface area (Å²) < 4.78 is 0. The van der Waals surface area contributed by atoms with Gasteiger partial charge >= 0.3 is 0 Å². The van der Waals surface area contributed by atoms with Gasteiger partial charge in [0.05, 0.1) is 0 Å². The lowest BCUT2D eigenvalue weighted by atomic mass is 10.1. The first-order valence-corrected chi connectivity index (χ1v) is 5.54. The van der Waals surface area contributed by atoms with E-state index in [1.807, 2.05) is 25.1 Å². The summed E-state index contributed by atoms with van der Waals surface area (Å²) in [6.07, 6.45) is 0.867. The molecule has 13 heavy (non-hydrogen) atoms. The van der Waals surface area contributed by atoms with Crippen molar-refractivity contribution in [2.24, 2.45) is 0 Å². The fourth-order valence-corrected chi connectivity index (χ4v) is 1.51. The van der Waals surface area contributed by atoms with E-state index in [4.69, 9.17) is 11.6 Å². The lowest BCUT2D eigenvalue weighted by Crippen LogP contribution is -1.78. The molecule has 0 aliphatic rings. The largest absolute Gasteiger partial charge is 0.0970 e. The quantitative estimate of drug-likeness (QED) is 0.530. The molecule has 0 aliphatic carbocycles. The maximum atomic E-state index is 5.89. The van der Waals surface area contributed by atoms with E-state index < -0.39 is 0 Å². The number of rotatable bonds is 1. The summed E-state index contributed by atoms with van der Waals surface area (Å²) in [5.41, 5.74) is 2.14. The van der Waals surface area contributed by atoms with Gasteiger partial charge < -0.3 is 0 Å². The van der Waals surface area contributed by atoms with Crippen LogP contribution >= 0.6 is 27.5 Å². The molecule has 0 fully saturated rings. The average Bonchev–Trinajstić information content (AvgIpc) is 2.03. The van der Waals surface area contributed by atoms with Gasteiger partial charge in [0.2, 0.25) is 0 Å². The van der Waals surface area contributed by atoms with E-state index in [9.17, 15) is 0 Å². The third-order valence-electron chi connectivity index (χ3n) is 1.49. The number of hydrogen-bond donors (Lipinski definition) is 0. The van der Waals surface area contributed by atoms with E-state index in [0.717, 1.165) is 27.9 Å². The molecule has 0 nitrogen and oxygen atoms in total. The van der Waals surface area contributed by atoms with Gasteiger partial charge in [0.25, 0.3) is 0 Å². The highest BCUT2D eigenvalue weighted by molar-refractivity contribution is 9.09. The second kappa shape index (κ2) is 5.32. The molecular weight excluding hydrogens is 247 g/mol. The average molecular weight is 258 g/mol. The lowest BCUT2D eigenvalue weighted by molar-refractivity contribution is 1.32. The fraction of sp³-hybridized carbons (Fsp3) is 0.273. The Kier molecular flexibility index (Phi) is 4.35. The monoisotopic (exact) mass is 256 g/mol. The van der Waals surface area contributed by atoms with E-state index >= 15 is 0 Å². The molecule has 68 valence electrons. The van der Waals surface area contributed by atoms with Crippen molar-refractivity contribution in [2.45, 2.75) is 13.3 Å². The molecular formula is C11H10BrCl. The van der Waals surface area contributed by atoms with Crippen molar-refractivity contribution in [1.82, 2.24) is 0 Å². The molecule has 1 aromatic carbocycles. The molecule has 0 N–H and O–H groups in total. The Bertz CT molecular complexity index is 327. The minimum absolute atomic E-state index is 0.753. The highest BCUT2D eigenvalue weighted by Crippen LogP contribution is 2.13. The van der Waals surface area contributed by atoms with Gasteiger partial charge in [-0.2, -0.15) is 0 Å². The number of benzene rings is 1. The molecule has 1 aromatic rings. The molecule has 0 heterocycles. The maximum absolute atomic E-state index is 5.89. The topological polar surface area (TPSA) is 0 Å². The Balaban J connectivity index is 2.85. The van der Waals surface area contributed by atoms with Crippen LogP contribution in [0.4, 0.5) is 0 Å². The third kappa shape index (κ3) is 3.85. The Morgan fingerprint density at radius 3 is 2.77 bits per heavy atom. The normalized spacial score (nSPS) is 9.15. The number of alkyl halides is 1. The smallest absolute Gasteiger partial charge is 0.0421 e. The first kappa shape index (κ1) is 10.6.